The number of nitrogens with zero attached hydrogens (tertiary/aromatic N) is 2. The third-order valence-electron chi connectivity index (χ3n) is 2.88. The second-order valence-electron chi connectivity index (χ2n) is 3.74. The monoisotopic (exact) mass is 171 g/mol. The average Bonchev–Trinajstić information content (AvgIpc) is 2.08. The zero-order valence-electron chi connectivity index (χ0n) is 8.45. The van der Waals surface area contributed by atoms with Crippen LogP contribution in [0.25, 0.3) is 0 Å². The maximum Gasteiger partial charge on any atom is 0.0459 e. The van der Waals surface area contributed by atoms with Crippen molar-refractivity contribution >= 4 is 0 Å². The molecule has 1 saturated heterocycles. The molecule has 1 fully saturated rings. The van der Waals surface area contributed by atoms with Gasteiger partial charge in [-0.2, -0.15) is 0 Å². The lowest BCUT2D eigenvalue weighted by atomic mass is 10.1. The van der Waals surface area contributed by atoms with Crippen molar-refractivity contribution in [2.75, 3.05) is 26.3 Å². The largest absolute Gasteiger partial charge is 0.318 e. The van der Waals surface area contributed by atoms with Crippen LogP contribution in [-0.4, -0.2) is 48.2 Å². The first-order valence-electron chi connectivity index (χ1n) is 4.87. The molecule has 0 aromatic heterocycles. The van der Waals surface area contributed by atoms with Crippen molar-refractivity contribution in [2.24, 2.45) is 5.73 Å². The molecule has 0 aromatic carbocycles. The van der Waals surface area contributed by atoms with E-state index in [1.54, 1.807) is 0 Å². The first-order chi connectivity index (χ1) is 5.69. The number of hydrogen-bond donors (Lipinski definition) is 1. The van der Waals surface area contributed by atoms with E-state index in [0.29, 0.717) is 18.8 Å². The maximum atomic E-state index is 5.65. The highest BCUT2D eigenvalue weighted by molar-refractivity contribution is 4.82. The molecule has 2 N–H and O–H groups in total. The van der Waals surface area contributed by atoms with Crippen LogP contribution in [0.4, 0.5) is 0 Å². The minimum Gasteiger partial charge on any atom is -0.318 e. The Labute approximate surface area is 75.5 Å². The summed E-state index contributed by atoms with van der Waals surface area (Å²) in [5, 5.41) is 0. The fraction of sp³-hybridized carbons (Fsp3) is 1.00. The van der Waals surface area contributed by atoms with Gasteiger partial charge in [0.15, 0.2) is 0 Å². The Kier molecular flexibility index (Phi) is 3.50. The molecule has 2 unspecified atom stereocenters. The van der Waals surface area contributed by atoms with Crippen LogP contribution in [0.1, 0.15) is 20.8 Å². The van der Waals surface area contributed by atoms with Crippen molar-refractivity contribution in [3.63, 3.8) is 0 Å². The highest BCUT2D eigenvalue weighted by Gasteiger charge is 2.26. The van der Waals surface area contributed by atoms with E-state index in [1.807, 2.05) is 0 Å². The van der Waals surface area contributed by atoms with Crippen molar-refractivity contribution in [1.29, 1.82) is 0 Å². The van der Waals surface area contributed by atoms with E-state index in [-0.39, 0.29) is 0 Å². The van der Waals surface area contributed by atoms with Crippen LogP contribution in [0.2, 0.25) is 0 Å². The van der Waals surface area contributed by atoms with E-state index < -0.39 is 0 Å². The molecule has 1 aliphatic rings. The molecule has 1 aliphatic heterocycles. The Morgan fingerprint density at radius 2 is 1.67 bits per heavy atom. The van der Waals surface area contributed by atoms with Gasteiger partial charge in [0.1, 0.15) is 0 Å². The summed E-state index contributed by atoms with van der Waals surface area (Å²) in [4.78, 5) is 4.85. The Hall–Kier alpha value is -0.120. The molecule has 12 heavy (non-hydrogen) atoms. The van der Waals surface area contributed by atoms with Gasteiger partial charge >= 0.3 is 0 Å². The van der Waals surface area contributed by atoms with Crippen LogP contribution in [0.15, 0.2) is 0 Å². The standard InChI is InChI=1S/C9H21N3/c1-4-11-5-9(3)12(7-10)6-8(11)2/h8-9H,4-7,10H2,1-3H3. The average molecular weight is 171 g/mol. The van der Waals surface area contributed by atoms with Crippen molar-refractivity contribution in [3.05, 3.63) is 0 Å². The zero-order chi connectivity index (χ0) is 9.14. The van der Waals surface area contributed by atoms with E-state index >= 15 is 0 Å². The molecule has 0 spiro atoms. The predicted molar refractivity (Wildman–Crippen MR) is 51.9 cm³/mol. The van der Waals surface area contributed by atoms with E-state index in [1.165, 1.54) is 0 Å². The van der Waals surface area contributed by atoms with Crippen molar-refractivity contribution in [1.82, 2.24) is 9.80 Å². The van der Waals surface area contributed by atoms with Crippen molar-refractivity contribution < 1.29 is 0 Å². The highest BCUT2D eigenvalue weighted by atomic mass is 15.3. The van der Waals surface area contributed by atoms with Gasteiger partial charge in [-0.15, -0.1) is 0 Å². The van der Waals surface area contributed by atoms with Crippen LogP contribution in [0.3, 0.4) is 0 Å². The first kappa shape index (κ1) is 9.96. The minimum absolute atomic E-state index is 0.617. The summed E-state index contributed by atoms with van der Waals surface area (Å²) >= 11 is 0. The summed E-state index contributed by atoms with van der Waals surface area (Å²) in [6.07, 6.45) is 0. The molecule has 3 heteroatoms. The van der Waals surface area contributed by atoms with Gasteiger partial charge in [-0.25, -0.2) is 0 Å². The van der Waals surface area contributed by atoms with Gasteiger partial charge in [0.25, 0.3) is 0 Å². The fourth-order valence-electron chi connectivity index (χ4n) is 1.96. The number of likely N-dealkylation sites (N-methyl/N-ethyl adjacent to an activating group) is 1. The lowest BCUT2D eigenvalue weighted by Gasteiger charge is -2.43. The molecule has 72 valence electrons. The van der Waals surface area contributed by atoms with Gasteiger partial charge in [0.2, 0.25) is 0 Å². The van der Waals surface area contributed by atoms with Crippen LogP contribution in [0.5, 0.6) is 0 Å². The molecule has 1 heterocycles. The normalized spacial score (nSPS) is 34.0. The molecular weight excluding hydrogens is 150 g/mol. The predicted octanol–water partition coefficient (Wildman–Crippen LogP) is 0.317. The van der Waals surface area contributed by atoms with E-state index in [2.05, 4.69) is 30.6 Å². The Bertz CT molecular complexity index is 122. The molecule has 0 saturated carbocycles. The van der Waals surface area contributed by atoms with Gasteiger partial charge in [-0.05, 0) is 20.4 Å². The van der Waals surface area contributed by atoms with E-state index in [9.17, 15) is 0 Å². The summed E-state index contributed by atoms with van der Waals surface area (Å²) in [5.41, 5.74) is 5.65. The van der Waals surface area contributed by atoms with Crippen LogP contribution < -0.4 is 5.73 Å². The molecule has 2 atom stereocenters. The summed E-state index contributed by atoms with van der Waals surface area (Å²) < 4.78 is 0. The molecule has 0 aromatic rings. The topological polar surface area (TPSA) is 32.5 Å². The van der Waals surface area contributed by atoms with Gasteiger partial charge in [-0.3, -0.25) is 9.80 Å². The Morgan fingerprint density at radius 1 is 1.17 bits per heavy atom. The van der Waals surface area contributed by atoms with E-state index in [4.69, 9.17) is 5.73 Å². The molecule has 1 rings (SSSR count). The quantitative estimate of drug-likeness (QED) is 0.649. The summed E-state index contributed by atoms with van der Waals surface area (Å²) in [5.74, 6) is 0. The summed E-state index contributed by atoms with van der Waals surface area (Å²) in [6, 6.07) is 1.28. The van der Waals surface area contributed by atoms with Gasteiger partial charge in [0.05, 0.1) is 0 Å². The Morgan fingerprint density at radius 3 is 2.17 bits per heavy atom. The number of nitrogens with two attached hydrogens (primary N) is 1. The van der Waals surface area contributed by atoms with Crippen molar-refractivity contribution in [3.8, 4) is 0 Å². The van der Waals surface area contributed by atoms with Gasteiger partial charge in [-0.1, -0.05) is 6.92 Å². The molecule has 0 amide bonds. The molecular formula is C9H21N3. The molecule has 0 bridgehead atoms. The molecule has 0 aliphatic carbocycles. The first-order valence-corrected chi connectivity index (χ1v) is 4.87. The lowest BCUT2D eigenvalue weighted by Crippen LogP contribution is -2.57. The summed E-state index contributed by atoms with van der Waals surface area (Å²) in [6.45, 7) is 10.9. The number of hydrogen-bond acceptors (Lipinski definition) is 3. The third kappa shape index (κ3) is 1.97. The number of piperazine rings is 1. The smallest absolute Gasteiger partial charge is 0.0459 e. The van der Waals surface area contributed by atoms with Gasteiger partial charge < -0.3 is 5.73 Å². The second-order valence-corrected chi connectivity index (χ2v) is 3.74. The third-order valence-corrected chi connectivity index (χ3v) is 2.88. The lowest BCUT2D eigenvalue weighted by molar-refractivity contribution is 0.0482. The highest BCUT2D eigenvalue weighted by Crippen LogP contribution is 2.12. The number of rotatable bonds is 2. The zero-order valence-corrected chi connectivity index (χ0v) is 8.45. The van der Waals surface area contributed by atoms with Crippen LogP contribution in [-0.2, 0) is 0 Å². The van der Waals surface area contributed by atoms with E-state index in [0.717, 1.165) is 19.6 Å². The SMILES string of the molecule is CCN1CC(C)N(CN)CC1C. The van der Waals surface area contributed by atoms with Crippen molar-refractivity contribution in [2.45, 2.75) is 32.9 Å². The fourth-order valence-corrected chi connectivity index (χ4v) is 1.96. The Balaban J connectivity index is 2.49. The second kappa shape index (κ2) is 4.21. The minimum atomic E-state index is 0.617. The van der Waals surface area contributed by atoms with Crippen LogP contribution >= 0.6 is 0 Å². The summed E-state index contributed by atoms with van der Waals surface area (Å²) in [7, 11) is 0. The van der Waals surface area contributed by atoms with Crippen LogP contribution in [0, 0.1) is 0 Å². The van der Waals surface area contributed by atoms with Gasteiger partial charge in [0, 0.05) is 31.8 Å². The molecule has 3 nitrogen and oxygen atoms in total. The molecule has 0 radical (unpaired) electrons. The maximum absolute atomic E-state index is 5.65.